The van der Waals surface area contributed by atoms with Crippen LogP contribution in [0.5, 0.6) is 0 Å². The van der Waals surface area contributed by atoms with Crippen molar-refractivity contribution >= 4 is 23.5 Å². The van der Waals surface area contributed by atoms with Crippen LogP contribution in [-0.2, 0) is 16.0 Å². The molecule has 2 rings (SSSR count). The standard InChI is InChI=1S/C13H19N5O2/c1-3-4-8-11(14)15-7-16-12(8)17-9-5-6-10(19)18(2)13(9)20/h7,9H,3-6H2,1-2H3,(H3,14,15,16,17). The first-order valence-electron chi connectivity index (χ1n) is 6.70. The minimum Gasteiger partial charge on any atom is -0.383 e. The molecule has 1 fully saturated rings. The van der Waals surface area contributed by atoms with Gasteiger partial charge in [-0.2, -0.15) is 0 Å². The van der Waals surface area contributed by atoms with Crippen LogP contribution in [0.2, 0.25) is 0 Å². The number of nitrogens with two attached hydrogens (primary N) is 1. The number of rotatable bonds is 4. The number of hydrogen-bond donors (Lipinski definition) is 2. The van der Waals surface area contributed by atoms with E-state index in [0.29, 0.717) is 24.5 Å². The van der Waals surface area contributed by atoms with E-state index in [0.717, 1.165) is 23.3 Å². The number of nitrogens with one attached hydrogen (secondary N) is 1. The van der Waals surface area contributed by atoms with Gasteiger partial charge in [-0.05, 0) is 12.8 Å². The zero-order valence-electron chi connectivity index (χ0n) is 11.7. The van der Waals surface area contributed by atoms with E-state index >= 15 is 0 Å². The van der Waals surface area contributed by atoms with Crippen LogP contribution in [0.25, 0.3) is 0 Å². The highest BCUT2D eigenvalue weighted by Crippen LogP contribution is 2.22. The fourth-order valence-electron chi connectivity index (χ4n) is 2.26. The number of likely N-dealkylation sites (N-methyl/N-ethyl adjacent to an activating group) is 1. The average Bonchev–Trinajstić information content (AvgIpc) is 2.43. The zero-order chi connectivity index (χ0) is 14.7. The molecule has 0 aliphatic carbocycles. The lowest BCUT2D eigenvalue weighted by atomic mass is 10.0. The number of piperidine rings is 1. The van der Waals surface area contributed by atoms with Gasteiger partial charge >= 0.3 is 0 Å². The Hall–Kier alpha value is -2.18. The number of carbonyl (C=O) groups is 2. The zero-order valence-corrected chi connectivity index (χ0v) is 11.7. The quantitative estimate of drug-likeness (QED) is 0.780. The highest BCUT2D eigenvalue weighted by Gasteiger charge is 2.32. The summed E-state index contributed by atoms with van der Waals surface area (Å²) in [4.78, 5) is 32.8. The third-order valence-electron chi connectivity index (χ3n) is 3.44. The van der Waals surface area contributed by atoms with E-state index in [1.54, 1.807) is 0 Å². The summed E-state index contributed by atoms with van der Waals surface area (Å²) in [6.45, 7) is 2.04. The first-order chi connectivity index (χ1) is 9.54. The molecule has 2 heterocycles. The Balaban J connectivity index is 2.20. The number of hydrogen-bond acceptors (Lipinski definition) is 6. The summed E-state index contributed by atoms with van der Waals surface area (Å²) in [5.74, 6) is 0.627. The number of imide groups is 1. The minimum atomic E-state index is -0.442. The van der Waals surface area contributed by atoms with Crippen LogP contribution in [-0.4, -0.2) is 39.8 Å². The third-order valence-corrected chi connectivity index (χ3v) is 3.44. The molecule has 0 aromatic carbocycles. The van der Waals surface area contributed by atoms with Gasteiger partial charge in [-0.3, -0.25) is 14.5 Å². The molecule has 1 aromatic rings. The Morgan fingerprint density at radius 2 is 2.20 bits per heavy atom. The Morgan fingerprint density at radius 3 is 2.90 bits per heavy atom. The van der Waals surface area contributed by atoms with Crippen LogP contribution in [0.4, 0.5) is 11.6 Å². The van der Waals surface area contributed by atoms with E-state index in [1.807, 2.05) is 6.92 Å². The van der Waals surface area contributed by atoms with Crippen molar-refractivity contribution in [3.05, 3.63) is 11.9 Å². The van der Waals surface area contributed by atoms with Crippen molar-refractivity contribution in [1.82, 2.24) is 14.9 Å². The van der Waals surface area contributed by atoms with Crippen molar-refractivity contribution in [2.75, 3.05) is 18.1 Å². The van der Waals surface area contributed by atoms with Gasteiger partial charge in [0.15, 0.2) is 0 Å². The molecule has 0 radical (unpaired) electrons. The van der Waals surface area contributed by atoms with E-state index in [1.165, 1.54) is 13.4 Å². The van der Waals surface area contributed by atoms with E-state index in [2.05, 4.69) is 15.3 Å². The highest BCUT2D eigenvalue weighted by molar-refractivity contribution is 6.01. The third kappa shape index (κ3) is 2.71. The van der Waals surface area contributed by atoms with Gasteiger partial charge in [0.05, 0.1) is 0 Å². The SMILES string of the molecule is CCCc1c(N)ncnc1NC1CCC(=O)N(C)C1=O. The van der Waals surface area contributed by atoms with Crippen molar-refractivity contribution in [3.63, 3.8) is 0 Å². The van der Waals surface area contributed by atoms with Crippen molar-refractivity contribution in [3.8, 4) is 0 Å². The summed E-state index contributed by atoms with van der Waals surface area (Å²) in [6, 6.07) is -0.442. The molecule has 0 bridgehead atoms. The Morgan fingerprint density at radius 1 is 1.45 bits per heavy atom. The fourth-order valence-corrected chi connectivity index (χ4v) is 2.26. The van der Waals surface area contributed by atoms with Crippen molar-refractivity contribution in [2.45, 2.75) is 38.6 Å². The summed E-state index contributed by atoms with van der Waals surface area (Å²) in [6.07, 6.45) is 3.84. The molecule has 1 saturated heterocycles. The van der Waals surface area contributed by atoms with Crippen molar-refractivity contribution in [1.29, 1.82) is 0 Å². The fraction of sp³-hybridized carbons (Fsp3) is 0.538. The molecule has 1 unspecified atom stereocenters. The van der Waals surface area contributed by atoms with Crippen LogP contribution >= 0.6 is 0 Å². The second kappa shape index (κ2) is 5.85. The highest BCUT2D eigenvalue weighted by atomic mass is 16.2. The molecule has 1 atom stereocenters. The number of aromatic nitrogens is 2. The molecule has 0 spiro atoms. The summed E-state index contributed by atoms with van der Waals surface area (Å²) >= 11 is 0. The van der Waals surface area contributed by atoms with Crippen molar-refractivity contribution < 1.29 is 9.59 Å². The van der Waals surface area contributed by atoms with E-state index in [9.17, 15) is 9.59 Å². The Bertz CT molecular complexity index is 531. The van der Waals surface area contributed by atoms with Gasteiger partial charge in [0.1, 0.15) is 24.0 Å². The normalized spacial score (nSPS) is 19.3. The van der Waals surface area contributed by atoms with Crippen LogP contribution in [0, 0.1) is 0 Å². The second-order valence-electron chi connectivity index (χ2n) is 4.86. The van der Waals surface area contributed by atoms with E-state index in [4.69, 9.17) is 5.73 Å². The molecule has 7 heteroatoms. The molecule has 20 heavy (non-hydrogen) atoms. The Kier molecular flexibility index (Phi) is 4.16. The van der Waals surface area contributed by atoms with Gasteiger partial charge in [0, 0.05) is 19.0 Å². The van der Waals surface area contributed by atoms with Gasteiger partial charge < -0.3 is 11.1 Å². The first-order valence-corrected chi connectivity index (χ1v) is 6.70. The predicted molar refractivity (Wildman–Crippen MR) is 74.9 cm³/mol. The number of carbonyl (C=O) groups excluding carboxylic acids is 2. The lowest BCUT2D eigenvalue weighted by molar-refractivity contribution is -0.146. The molecule has 3 N–H and O–H groups in total. The molecule has 2 amide bonds. The maximum absolute atomic E-state index is 12.1. The topological polar surface area (TPSA) is 101 Å². The summed E-state index contributed by atoms with van der Waals surface area (Å²) in [5.41, 5.74) is 6.68. The molecule has 0 saturated carbocycles. The lowest BCUT2D eigenvalue weighted by Crippen LogP contribution is -2.48. The minimum absolute atomic E-state index is 0.149. The number of nitrogen functional groups attached to an aromatic ring is 1. The summed E-state index contributed by atoms with van der Waals surface area (Å²) in [7, 11) is 1.50. The van der Waals surface area contributed by atoms with E-state index < -0.39 is 6.04 Å². The van der Waals surface area contributed by atoms with E-state index in [-0.39, 0.29) is 11.8 Å². The predicted octanol–water partition coefficient (Wildman–Crippen LogP) is 0.571. The second-order valence-corrected chi connectivity index (χ2v) is 4.86. The Labute approximate surface area is 117 Å². The largest absolute Gasteiger partial charge is 0.383 e. The molecule has 108 valence electrons. The molecule has 1 aliphatic heterocycles. The van der Waals surface area contributed by atoms with Crippen LogP contribution in [0.3, 0.4) is 0 Å². The maximum atomic E-state index is 12.1. The smallest absolute Gasteiger partial charge is 0.251 e. The molecule has 7 nitrogen and oxygen atoms in total. The number of amides is 2. The maximum Gasteiger partial charge on any atom is 0.251 e. The lowest BCUT2D eigenvalue weighted by Gasteiger charge is -2.29. The van der Waals surface area contributed by atoms with Gasteiger partial charge in [0.2, 0.25) is 5.91 Å². The number of anilines is 2. The van der Waals surface area contributed by atoms with Gasteiger partial charge in [-0.1, -0.05) is 13.3 Å². The summed E-state index contributed by atoms with van der Waals surface area (Å²) < 4.78 is 0. The average molecular weight is 277 g/mol. The monoisotopic (exact) mass is 277 g/mol. The first kappa shape index (κ1) is 14.2. The van der Waals surface area contributed by atoms with Crippen LogP contribution in [0.1, 0.15) is 31.7 Å². The molecular formula is C13H19N5O2. The summed E-state index contributed by atoms with van der Waals surface area (Å²) in [5, 5.41) is 3.10. The van der Waals surface area contributed by atoms with Crippen LogP contribution in [0.15, 0.2) is 6.33 Å². The molecule has 1 aromatic heterocycles. The molecule has 1 aliphatic rings. The van der Waals surface area contributed by atoms with Crippen LogP contribution < -0.4 is 11.1 Å². The number of likely N-dealkylation sites (tertiary alicyclic amines) is 1. The van der Waals surface area contributed by atoms with Crippen molar-refractivity contribution in [2.24, 2.45) is 0 Å². The number of nitrogens with zero attached hydrogens (tertiary/aromatic N) is 3. The van der Waals surface area contributed by atoms with Gasteiger partial charge in [-0.15, -0.1) is 0 Å². The van der Waals surface area contributed by atoms with Gasteiger partial charge in [0.25, 0.3) is 5.91 Å². The van der Waals surface area contributed by atoms with Gasteiger partial charge in [-0.25, -0.2) is 9.97 Å². The molecular weight excluding hydrogens is 258 g/mol.